The monoisotopic (exact) mass is 242 g/mol. The fourth-order valence-corrected chi connectivity index (χ4v) is 2.72. The Balaban J connectivity index is 2.52. The molecule has 0 saturated heterocycles. The minimum Gasteiger partial charge on any atom is -0.302 e. The highest BCUT2D eigenvalue weighted by atomic mass is 32.2. The van der Waals surface area contributed by atoms with Crippen molar-refractivity contribution in [3.63, 3.8) is 0 Å². The van der Waals surface area contributed by atoms with Gasteiger partial charge in [0, 0.05) is 5.39 Å². The van der Waals surface area contributed by atoms with E-state index < -0.39 is 11.1 Å². The summed E-state index contributed by atoms with van der Waals surface area (Å²) in [4.78, 5) is 0.466. The van der Waals surface area contributed by atoms with Crippen LogP contribution in [0.15, 0.2) is 59.5 Å². The lowest BCUT2D eigenvalue weighted by molar-refractivity contribution is 0.565. The topological polar surface area (TPSA) is 37.3 Å². The first-order valence-corrected chi connectivity index (χ1v) is 6.39. The fourth-order valence-electron chi connectivity index (χ4n) is 2.16. The molecule has 0 aromatic heterocycles. The van der Waals surface area contributed by atoms with E-state index in [9.17, 15) is 8.76 Å². The van der Waals surface area contributed by atoms with Gasteiger partial charge in [0.25, 0.3) is 0 Å². The molecule has 0 spiro atoms. The molecule has 0 bridgehead atoms. The van der Waals surface area contributed by atoms with Crippen LogP contribution in [-0.2, 0) is 11.1 Å². The lowest BCUT2D eigenvalue weighted by Gasteiger charge is -2.06. The number of hydrogen-bond donors (Lipinski definition) is 1. The first-order valence-electron chi connectivity index (χ1n) is 5.29. The quantitative estimate of drug-likeness (QED) is 0.523. The molecule has 1 atom stereocenters. The maximum atomic E-state index is 11.3. The van der Waals surface area contributed by atoms with E-state index in [-0.39, 0.29) is 0 Å². The van der Waals surface area contributed by atoms with E-state index in [1.165, 1.54) is 0 Å². The lowest BCUT2D eigenvalue weighted by atomic mass is 10.0. The highest BCUT2D eigenvalue weighted by Gasteiger charge is 2.07. The predicted molar refractivity (Wildman–Crippen MR) is 70.5 cm³/mol. The van der Waals surface area contributed by atoms with Crippen LogP contribution in [0.2, 0.25) is 0 Å². The van der Waals surface area contributed by atoms with Crippen molar-refractivity contribution in [2.24, 2.45) is 0 Å². The molecule has 0 fully saturated rings. The van der Waals surface area contributed by atoms with Gasteiger partial charge in [-0.05, 0) is 22.2 Å². The van der Waals surface area contributed by atoms with Crippen molar-refractivity contribution < 1.29 is 8.76 Å². The summed E-state index contributed by atoms with van der Waals surface area (Å²) < 4.78 is 20.5. The van der Waals surface area contributed by atoms with Crippen molar-refractivity contribution in [2.45, 2.75) is 4.90 Å². The van der Waals surface area contributed by atoms with E-state index in [1.807, 2.05) is 48.5 Å². The van der Waals surface area contributed by atoms with Gasteiger partial charge >= 0.3 is 0 Å². The van der Waals surface area contributed by atoms with Crippen LogP contribution in [0.3, 0.4) is 0 Å². The maximum absolute atomic E-state index is 11.3. The molecule has 3 aromatic carbocycles. The second kappa shape index (κ2) is 3.95. The SMILES string of the molecule is O=S(O)c1cccc2c1ccc1ccccc12. The van der Waals surface area contributed by atoms with Crippen molar-refractivity contribution in [2.75, 3.05) is 0 Å². The molecule has 0 aliphatic carbocycles. The Kier molecular flexibility index (Phi) is 2.42. The largest absolute Gasteiger partial charge is 0.302 e. The average molecular weight is 242 g/mol. The maximum Gasteiger partial charge on any atom is 0.187 e. The normalized spacial score (nSPS) is 13.0. The molecule has 17 heavy (non-hydrogen) atoms. The van der Waals surface area contributed by atoms with Crippen LogP contribution in [0.4, 0.5) is 0 Å². The number of fused-ring (bicyclic) bond motifs is 3. The van der Waals surface area contributed by atoms with Gasteiger partial charge in [-0.25, -0.2) is 4.21 Å². The van der Waals surface area contributed by atoms with Crippen LogP contribution in [-0.4, -0.2) is 8.76 Å². The summed E-state index contributed by atoms with van der Waals surface area (Å²) in [6.45, 7) is 0. The zero-order chi connectivity index (χ0) is 11.8. The van der Waals surface area contributed by atoms with Crippen molar-refractivity contribution in [1.82, 2.24) is 0 Å². The van der Waals surface area contributed by atoms with E-state index >= 15 is 0 Å². The second-order valence-electron chi connectivity index (χ2n) is 3.89. The van der Waals surface area contributed by atoms with E-state index in [0.717, 1.165) is 21.5 Å². The zero-order valence-corrected chi connectivity index (χ0v) is 9.78. The molecule has 0 saturated carbocycles. The number of rotatable bonds is 1. The first kappa shape index (κ1) is 10.4. The standard InChI is InChI=1S/C14H10O2S/c15-17(16)14-7-3-6-12-11-5-2-1-4-10(11)8-9-13(12)14/h1-9H,(H,15,16). The summed E-state index contributed by atoms with van der Waals surface area (Å²) in [6, 6.07) is 17.4. The van der Waals surface area contributed by atoms with Crippen molar-refractivity contribution >= 4 is 32.6 Å². The van der Waals surface area contributed by atoms with Gasteiger partial charge in [-0.1, -0.05) is 48.5 Å². The summed E-state index contributed by atoms with van der Waals surface area (Å²) in [5, 5.41) is 4.10. The Morgan fingerprint density at radius 2 is 1.53 bits per heavy atom. The molecule has 84 valence electrons. The smallest absolute Gasteiger partial charge is 0.187 e. The van der Waals surface area contributed by atoms with Gasteiger partial charge in [0.15, 0.2) is 11.1 Å². The molecule has 0 aliphatic heterocycles. The molecule has 0 amide bonds. The molecule has 3 aromatic rings. The molecule has 0 radical (unpaired) electrons. The van der Waals surface area contributed by atoms with Gasteiger partial charge in [0.05, 0.1) is 4.90 Å². The first-order chi connectivity index (χ1) is 8.27. The van der Waals surface area contributed by atoms with E-state index in [2.05, 4.69) is 0 Å². The molecular formula is C14H10O2S. The van der Waals surface area contributed by atoms with Crippen LogP contribution in [0.5, 0.6) is 0 Å². The fraction of sp³-hybridized carbons (Fsp3) is 0. The molecule has 3 rings (SSSR count). The van der Waals surface area contributed by atoms with Crippen LogP contribution in [0.1, 0.15) is 0 Å². The predicted octanol–water partition coefficient (Wildman–Crippen LogP) is 3.57. The summed E-state index contributed by atoms with van der Waals surface area (Å²) >= 11 is -1.95. The molecule has 2 nitrogen and oxygen atoms in total. The second-order valence-corrected chi connectivity index (χ2v) is 4.83. The Bertz CT molecular complexity index is 734. The Morgan fingerprint density at radius 3 is 2.35 bits per heavy atom. The van der Waals surface area contributed by atoms with Crippen LogP contribution < -0.4 is 0 Å². The van der Waals surface area contributed by atoms with Crippen LogP contribution in [0.25, 0.3) is 21.5 Å². The van der Waals surface area contributed by atoms with Gasteiger partial charge in [-0.2, -0.15) is 0 Å². The molecule has 0 heterocycles. The average Bonchev–Trinajstić information content (AvgIpc) is 2.37. The third-order valence-electron chi connectivity index (χ3n) is 2.93. The van der Waals surface area contributed by atoms with Crippen LogP contribution >= 0.6 is 0 Å². The third-order valence-corrected chi connectivity index (χ3v) is 3.67. The van der Waals surface area contributed by atoms with Gasteiger partial charge < -0.3 is 4.55 Å². The van der Waals surface area contributed by atoms with Gasteiger partial charge in [0.1, 0.15) is 0 Å². The molecule has 3 heteroatoms. The Morgan fingerprint density at radius 1 is 0.765 bits per heavy atom. The van der Waals surface area contributed by atoms with E-state index in [1.54, 1.807) is 6.07 Å². The number of hydrogen-bond acceptors (Lipinski definition) is 1. The highest BCUT2D eigenvalue weighted by molar-refractivity contribution is 7.79. The Labute approximate surface area is 101 Å². The van der Waals surface area contributed by atoms with Gasteiger partial charge in [-0.3, -0.25) is 0 Å². The summed E-state index contributed by atoms with van der Waals surface area (Å²) in [7, 11) is 0. The van der Waals surface area contributed by atoms with Crippen molar-refractivity contribution in [3.05, 3.63) is 54.6 Å². The van der Waals surface area contributed by atoms with Crippen molar-refractivity contribution in [3.8, 4) is 0 Å². The molecule has 1 N–H and O–H groups in total. The highest BCUT2D eigenvalue weighted by Crippen LogP contribution is 2.28. The Hall–Kier alpha value is -1.71. The van der Waals surface area contributed by atoms with Gasteiger partial charge in [-0.15, -0.1) is 0 Å². The molecule has 0 aliphatic rings. The minimum atomic E-state index is -1.95. The van der Waals surface area contributed by atoms with Crippen LogP contribution in [0, 0.1) is 0 Å². The van der Waals surface area contributed by atoms with E-state index in [0.29, 0.717) is 4.90 Å². The summed E-state index contributed by atoms with van der Waals surface area (Å²) in [5.41, 5.74) is 0. The molecule has 1 unspecified atom stereocenters. The summed E-state index contributed by atoms with van der Waals surface area (Å²) in [5.74, 6) is 0. The van der Waals surface area contributed by atoms with Gasteiger partial charge in [0.2, 0.25) is 0 Å². The lowest BCUT2D eigenvalue weighted by Crippen LogP contribution is -1.90. The minimum absolute atomic E-state index is 0.466. The zero-order valence-electron chi connectivity index (χ0n) is 8.96. The van der Waals surface area contributed by atoms with Crippen molar-refractivity contribution in [1.29, 1.82) is 0 Å². The summed E-state index contributed by atoms with van der Waals surface area (Å²) in [6.07, 6.45) is 0. The molecular weight excluding hydrogens is 232 g/mol. The number of benzene rings is 3. The van der Waals surface area contributed by atoms with E-state index in [4.69, 9.17) is 0 Å². The third kappa shape index (κ3) is 1.64.